The Bertz CT molecular complexity index is 402. The summed E-state index contributed by atoms with van der Waals surface area (Å²) in [5, 5.41) is 10.4. The molecule has 1 N–H and O–H groups in total. The van der Waals surface area contributed by atoms with Crippen LogP contribution in [0.25, 0.3) is 0 Å². The van der Waals surface area contributed by atoms with Gasteiger partial charge in [-0.3, -0.25) is 4.98 Å². The number of hydrogen-bond acceptors (Lipinski definition) is 2. The number of rotatable bonds is 5. The van der Waals surface area contributed by atoms with Gasteiger partial charge >= 0.3 is 0 Å². The standard InChI is InChI=1S/C15H19NO/c1-3-5-6-7-9-12-15(17,4-2)14-11-8-10-13-16-14/h3,8,10-11,13,17H,1,4-7H2,2H3/t15-/m0/s1. The predicted molar refractivity (Wildman–Crippen MR) is 70.2 cm³/mol. The van der Waals surface area contributed by atoms with Crippen molar-refractivity contribution in [3.8, 4) is 11.8 Å². The van der Waals surface area contributed by atoms with E-state index < -0.39 is 5.60 Å². The highest BCUT2D eigenvalue weighted by atomic mass is 16.3. The van der Waals surface area contributed by atoms with Crippen molar-refractivity contribution in [1.82, 2.24) is 4.98 Å². The van der Waals surface area contributed by atoms with Crippen LogP contribution in [0.4, 0.5) is 0 Å². The fourth-order valence-corrected chi connectivity index (χ4v) is 1.48. The van der Waals surface area contributed by atoms with E-state index in [1.54, 1.807) is 6.20 Å². The Balaban J connectivity index is 2.72. The molecular formula is C15H19NO. The van der Waals surface area contributed by atoms with Crippen molar-refractivity contribution in [3.05, 3.63) is 42.7 Å². The Hall–Kier alpha value is -1.59. The van der Waals surface area contributed by atoms with Gasteiger partial charge in [0.05, 0.1) is 5.69 Å². The summed E-state index contributed by atoms with van der Waals surface area (Å²) in [5.74, 6) is 5.95. The largest absolute Gasteiger partial charge is 0.372 e. The lowest BCUT2D eigenvalue weighted by Gasteiger charge is -2.19. The Morgan fingerprint density at radius 2 is 2.35 bits per heavy atom. The van der Waals surface area contributed by atoms with Gasteiger partial charge in [0, 0.05) is 12.6 Å². The molecule has 0 fully saturated rings. The van der Waals surface area contributed by atoms with E-state index >= 15 is 0 Å². The highest BCUT2D eigenvalue weighted by Crippen LogP contribution is 2.21. The van der Waals surface area contributed by atoms with E-state index in [1.165, 1.54) is 0 Å². The van der Waals surface area contributed by atoms with Crippen molar-refractivity contribution in [2.75, 3.05) is 0 Å². The average Bonchev–Trinajstić information content (AvgIpc) is 2.39. The molecule has 0 saturated heterocycles. The Labute approximate surface area is 103 Å². The van der Waals surface area contributed by atoms with Crippen molar-refractivity contribution < 1.29 is 5.11 Å². The number of hydrogen-bond donors (Lipinski definition) is 1. The molecule has 1 aromatic heterocycles. The molecule has 0 aliphatic carbocycles. The monoisotopic (exact) mass is 229 g/mol. The molecule has 1 atom stereocenters. The zero-order chi connectivity index (χ0) is 12.6. The first-order valence-corrected chi connectivity index (χ1v) is 5.97. The van der Waals surface area contributed by atoms with E-state index in [-0.39, 0.29) is 0 Å². The van der Waals surface area contributed by atoms with E-state index in [0.29, 0.717) is 12.1 Å². The summed E-state index contributed by atoms with van der Waals surface area (Å²) in [6, 6.07) is 5.50. The molecule has 0 amide bonds. The van der Waals surface area contributed by atoms with Crippen LogP contribution < -0.4 is 0 Å². The number of allylic oxidation sites excluding steroid dienone is 1. The van der Waals surface area contributed by atoms with E-state index in [0.717, 1.165) is 19.3 Å². The van der Waals surface area contributed by atoms with Gasteiger partial charge in [-0.2, -0.15) is 0 Å². The Morgan fingerprint density at radius 1 is 1.53 bits per heavy atom. The van der Waals surface area contributed by atoms with Gasteiger partial charge in [0.2, 0.25) is 0 Å². The van der Waals surface area contributed by atoms with Crippen LogP contribution in [0, 0.1) is 11.8 Å². The molecule has 17 heavy (non-hydrogen) atoms. The normalized spacial score (nSPS) is 13.3. The molecule has 2 nitrogen and oxygen atoms in total. The zero-order valence-corrected chi connectivity index (χ0v) is 10.3. The third kappa shape index (κ3) is 4.05. The van der Waals surface area contributed by atoms with Gasteiger partial charge in [-0.05, 0) is 31.4 Å². The molecule has 0 aliphatic rings. The summed E-state index contributed by atoms with van der Waals surface area (Å²) >= 11 is 0. The summed E-state index contributed by atoms with van der Waals surface area (Å²) < 4.78 is 0. The van der Waals surface area contributed by atoms with Crippen LogP contribution in [0.15, 0.2) is 37.1 Å². The van der Waals surface area contributed by atoms with Crippen LogP contribution in [0.3, 0.4) is 0 Å². The molecule has 2 heteroatoms. The molecule has 1 rings (SSSR count). The minimum atomic E-state index is -1.12. The molecule has 0 spiro atoms. The molecule has 0 bridgehead atoms. The summed E-state index contributed by atoms with van der Waals surface area (Å²) in [6.45, 7) is 5.57. The fourth-order valence-electron chi connectivity index (χ4n) is 1.48. The third-order valence-corrected chi connectivity index (χ3v) is 2.61. The van der Waals surface area contributed by atoms with Gasteiger partial charge < -0.3 is 5.11 Å². The van der Waals surface area contributed by atoms with E-state index in [2.05, 4.69) is 23.4 Å². The van der Waals surface area contributed by atoms with Crippen molar-refractivity contribution in [3.63, 3.8) is 0 Å². The fraction of sp³-hybridized carbons (Fsp3) is 0.400. The maximum atomic E-state index is 10.4. The van der Waals surface area contributed by atoms with Gasteiger partial charge in [-0.25, -0.2) is 0 Å². The third-order valence-electron chi connectivity index (χ3n) is 2.61. The second kappa shape index (κ2) is 6.88. The zero-order valence-electron chi connectivity index (χ0n) is 10.3. The smallest absolute Gasteiger partial charge is 0.167 e. The quantitative estimate of drug-likeness (QED) is 0.478. The highest BCUT2D eigenvalue weighted by molar-refractivity contribution is 5.25. The van der Waals surface area contributed by atoms with Crippen LogP contribution in [-0.2, 0) is 5.60 Å². The molecular weight excluding hydrogens is 210 g/mol. The number of pyridine rings is 1. The van der Waals surface area contributed by atoms with E-state index in [9.17, 15) is 5.11 Å². The second-order valence-corrected chi connectivity index (χ2v) is 3.91. The first kappa shape index (κ1) is 13.5. The number of nitrogens with zero attached hydrogens (tertiary/aromatic N) is 1. The van der Waals surface area contributed by atoms with Crippen LogP contribution in [-0.4, -0.2) is 10.1 Å². The number of aromatic nitrogens is 1. The molecule has 90 valence electrons. The van der Waals surface area contributed by atoms with Crippen LogP contribution in [0.2, 0.25) is 0 Å². The topological polar surface area (TPSA) is 33.1 Å². The molecule has 0 aliphatic heterocycles. The number of aliphatic hydroxyl groups is 1. The van der Waals surface area contributed by atoms with Crippen LogP contribution >= 0.6 is 0 Å². The maximum Gasteiger partial charge on any atom is 0.167 e. The van der Waals surface area contributed by atoms with Gasteiger partial charge in [-0.1, -0.05) is 30.9 Å². The Kier molecular flexibility index (Phi) is 5.45. The minimum absolute atomic E-state index is 0.540. The summed E-state index contributed by atoms with van der Waals surface area (Å²) in [7, 11) is 0. The van der Waals surface area contributed by atoms with Crippen molar-refractivity contribution in [1.29, 1.82) is 0 Å². The first-order valence-electron chi connectivity index (χ1n) is 5.97. The average molecular weight is 229 g/mol. The summed E-state index contributed by atoms with van der Waals surface area (Å²) in [4.78, 5) is 4.17. The minimum Gasteiger partial charge on any atom is -0.372 e. The molecule has 1 aromatic rings. The summed E-state index contributed by atoms with van der Waals surface area (Å²) in [6.07, 6.45) is 6.82. The second-order valence-electron chi connectivity index (χ2n) is 3.91. The Morgan fingerprint density at radius 3 is 2.94 bits per heavy atom. The van der Waals surface area contributed by atoms with Crippen LogP contribution in [0.1, 0.15) is 38.3 Å². The maximum absolute atomic E-state index is 10.4. The van der Waals surface area contributed by atoms with Gasteiger partial charge in [0.25, 0.3) is 0 Å². The van der Waals surface area contributed by atoms with E-state index in [4.69, 9.17) is 0 Å². The molecule has 0 aromatic carbocycles. The lowest BCUT2D eigenvalue weighted by atomic mass is 9.96. The van der Waals surface area contributed by atoms with Gasteiger partial charge in [-0.15, -0.1) is 6.58 Å². The summed E-state index contributed by atoms with van der Waals surface area (Å²) in [5.41, 5.74) is -0.492. The SMILES string of the molecule is C=CCCCC#C[C@@](O)(CC)c1ccccn1. The first-order chi connectivity index (χ1) is 8.23. The molecule has 0 unspecified atom stereocenters. The predicted octanol–water partition coefficient (Wildman–Crippen LogP) is 3.04. The highest BCUT2D eigenvalue weighted by Gasteiger charge is 2.25. The van der Waals surface area contributed by atoms with Crippen LogP contribution in [0.5, 0.6) is 0 Å². The van der Waals surface area contributed by atoms with Crippen molar-refractivity contribution in [2.45, 2.75) is 38.2 Å². The lowest BCUT2D eigenvalue weighted by Crippen LogP contribution is -2.23. The van der Waals surface area contributed by atoms with Crippen molar-refractivity contribution in [2.24, 2.45) is 0 Å². The molecule has 1 heterocycles. The van der Waals surface area contributed by atoms with Gasteiger partial charge in [0.15, 0.2) is 5.60 Å². The van der Waals surface area contributed by atoms with E-state index in [1.807, 2.05) is 31.2 Å². The van der Waals surface area contributed by atoms with Gasteiger partial charge in [0.1, 0.15) is 0 Å². The number of unbranched alkanes of at least 4 members (excludes halogenated alkanes) is 2. The molecule has 0 radical (unpaired) electrons. The van der Waals surface area contributed by atoms with Crippen molar-refractivity contribution >= 4 is 0 Å². The lowest BCUT2D eigenvalue weighted by molar-refractivity contribution is 0.0911. The molecule has 0 saturated carbocycles.